The van der Waals surface area contributed by atoms with E-state index < -0.39 is 22.6 Å². The van der Waals surface area contributed by atoms with Crippen molar-refractivity contribution in [1.29, 1.82) is 0 Å². The van der Waals surface area contributed by atoms with Crippen LogP contribution in [-0.4, -0.2) is 33.8 Å². The Morgan fingerprint density at radius 1 is 1.00 bits per heavy atom. The molecule has 0 saturated heterocycles. The summed E-state index contributed by atoms with van der Waals surface area (Å²) in [5, 5.41) is 0. The number of carbonyl (C=O) groups excluding carboxylic acids is 2. The minimum absolute atomic E-state index is 0.0163. The molecular weight excluding hydrogens is 488 g/mol. The number of allylic oxidation sites excluding steroid dienone is 1. The number of ketones is 1. The van der Waals surface area contributed by atoms with Gasteiger partial charge in [0, 0.05) is 29.9 Å². The van der Waals surface area contributed by atoms with Crippen molar-refractivity contribution < 1.29 is 22.7 Å². The molecule has 37 heavy (non-hydrogen) atoms. The highest BCUT2D eigenvalue weighted by Crippen LogP contribution is 2.46. The first-order valence-electron chi connectivity index (χ1n) is 11.9. The molecule has 0 radical (unpaired) electrons. The molecule has 1 heterocycles. The molecule has 1 aliphatic rings. The Morgan fingerprint density at radius 2 is 1.68 bits per heavy atom. The Labute approximate surface area is 217 Å². The number of ether oxygens (including phenoxy) is 1. The zero-order valence-corrected chi connectivity index (χ0v) is 22.3. The van der Waals surface area contributed by atoms with Crippen molar-refractivity contribution in [3.05, 3.63) is 101 Å². The number of aryl methyl sites for hydroxylation is 2. The Morgan fingerprint density at radius 3 is 2.41 bits per heavy atom. The molecule has 1 N–H and O–H groups in total. The molecule has 3 aromatic rings. The molecule has 0 atom stereocenters. The first-order chi connectivity index (χ1) is 17.4. The van der Waals surface area contributed by atoms with Crippen LogP contribution in [0.5, 0.6) is 0 Å². The molecule has 1 aliphatic heterocycles. The molecule has 0 aliphatic carbocycles. The second-order valence-corrected chi connectivity index (χ2v) is 11.3. The predicted octanol–water partition coefficient (Wildman–Crippen LogP) is 5.14. The number of hydrogen-bond acceptors (Lipinski definition) is 6. The van der Waals surface area contributed by atoms with E-state index in [9.17, 15) is 18.0 Å². The summed E-state index contributed by atoms with van der Waals surface area (Å²) in [5.41, 5.74) is 4.02. The fourth-order valence-corrected chi connectivity index (χ4v) is 6.02. The van der Waals surface area contributed by atoms with E-state index in [-0.39, 0.29) is 27.3 Å². The number of carbonyl (C=O) groups is 2. The van der Waals surface area contributed by atoms with Crippen LogP contribution in [0.25, 0.3) is 0 Å². The second-order valence-electron chi connectivity index (χ2n) is 9.69. The van der Waals surface area contributed by atoms with E-state index in [0.29, 0.717) is 5.56 Å². The Kier molecular flexibility index (Phi) is 6.97. The third-order valence-corrected chi connectivity index (χ3v) is 8.12. The average Bonchev–Trinajstić information content (AvgIpc) is 3.04. The van der Waals surface area contributed by atoms with Crippen molar-refractivity contribution in [2.75, 3.05) is 23.3 Å². The van der Waals surface area contributed by atoms with Gasteiger partial charge in [0.15, 0.2) is 12.4 Å². The molecule has 8 heteroatoms. The summed E-state index contributed by atoms with van der Waals surface area (Å²) >= 11 is 0. The maximum absolute atomic E-state index is 13.1. The number of nitrogens with one attached hydrogen (secondary N) is 1. The largest absolute Gasteiger partial charge is 0.454 e. The molecular formula is C29H30N2O5S. The predicted molar refractivity (Wildman–Crippen MR) is 144 cm³/mol. The van der Waals surface area contributed by atoms with Crippen LogP contribution < -0.4 is 9.62 Å². The fourth-order valence-electron chi connectivity index (χ4n) is 4.61. The molecule has 4 rings (SSSR count). The Balaban J connectivity index is 1.50. The lowest BCUT2D eigenvalue weighted by molar-refractivity contribution is -0.117. The normalized spacial score (nSPS) is 15.4. The monoisotopic (exact) mass is 518 g/mol. The molecule has 192 valence electrons. The summed E-state index contributed by atoms with van der Waals surface area (Å²) in [6.07, 6.45) is 1.50. The summed E-state index contributed by atoms with van der Waals surface area (Å²) < 4.78 is 33.9. The van der Waals surface area contributed by atoms with Gasteiger partial charge in [-0.25, -0.2) is 13.2 Å². The van der Waals surface area contributed by atoms with Gasteiger partial charge in [0.25, 0.3) is 10.0 Å². The zero-order valence-electron chi connectivity index (χ0n) is 21.5. The molecule has 0 bridgehead atoms. The summed E-state index contributed by atoms with van der Waals surface area (Å²) in [5.74, 6) is -1.17. The van der Waals surface area contributed by atoms with E-state index in [2.05, 4.69) is 4.72 Å². The van der Waals surface area contributed by atoms with Gasteiger partial charge in [-0.2, -0.15) is 0 Å². The number of nitrogens with zero attached hydrogens (tertiary/aromatic N) is 1. The van der Waals surface area contributed by atoms with Crippen LogP contribution in [-0.2, 0) is 25.0 Å². The van der Waals surface area contributed by atoms with E-state index in [1.54, 1.807) is 38.1 Å². The number of para-hydroxylation sites is 2. The van der Waals surface area contributed by atoms with Crippen LogP contribution in [0.4, 0.5) is 11.4 Å². The zero-order chi connectivity index (χ0) is 27.0. The van der Waals surface area contributed by atoms with Gasteiger partial charge in [-0.1, -0.05) is 56.3 Å². The summed E-state index contributed by atoms with van der Waals surface area (Å²) in [7, 11) is -2.05. The van der Waals surface area contributed by atoms with Gasteiger partial charge in [-0.3, -0.25) is 9.52 Å². The van der Waals surface area contributed by atoms with Crippen molar-refractivity contribution in [3.8, 4) is 0 Å². The average molecular weight is 519 g/mol. The Hall–Kier alpha value is -3.91. The smallest absolute Gasteiger partial charge is 0.340 e. The lowest BCUT2D eigenvalue weighted by Gasteiger charge is -2.23. The SMILES string of the molecule is Cc1ccc(C)c(S(=O)(=O)Nc2ccccc2C(=O)OCC(=O)C=C2N(C)c3ccccc3C2(C)C)c1. The molecule has 0 unspecified atom stereocenters. The summed E-state index contributed by atoms with van der Waals surface area (Å²) in [4.78, 5) is 27.8. The number of rotatable bonds is 7. The number of hydrogen-bond donors (Lipinski definition) is 1. The van der Waals surface area contributed by atoms with E-state index in [1.165, 1.54) is 18.2 Å². The first-order valence-corrected chi connectivity index (χ1v) is 13.3. The van der Waals surface area contributed by atoms with Crippen LogP contribution in [0.2, 0.25) is 0 Å². The molecule has 3 aromatic carbocycles. The Bertz CT molecular complexity index is 1520. The van der Waals surface area contributed by atoms with Crippen molar-refractivity contribution in [1.82, 2.24) is 0 Å². The van der Waals surface area contributed by atoms with Crippen LogP contribution >= 0.6 is 0 Å². The standard InChI is InChI=1S/C29H30N2O5S/c1-19-14-15-20(2)26(16-19)37(34,35)30-24-12-8-6-10-22(24)28(33)36-18-21(32)17-27-29(3,4)23-11-7-9-13-25(23)31(27)5/h6-17,30H,18H2,1-5H3. The number of esters is 1. The van der Waals surface area contributed by atoms with E-state index >= 15 is 0 Å². The van der Waals surface area contributed by atoms with Gasteiger partial charge in [0.05, 0.1) is 16.1 Å². The van der Waals surface area contributed by atoms with Crippen molar-refractivity contribution in [2.45, 2.75) is 38.0 Å². The molecule has 0 amide bonds. The number of likely N-dealkylation sites (N-methyl/N-ethyl adjacent to an activating group) is 1. The van der Waals surface area contributed by atoms with Gasteiger partial charge in [0.2, 0.25) is 0 Å². The lowest BCUT2D eigenvalue weighted by atomic mass is 9.83. The van der Waals surface area contributed by atoms with Crippen molar-refractivity contribution in [3.63, 3.8) is 0 Å². The maximum Gasteiger partial charge on any atom is 0.340 e. The van der Waals surface area contributed by atoms with Crippen molar-refractivity contribution >= 4 is 33.2 Å². The minimum atomic E-state index is -3.95. The van der Waals surface area contributed by atoms with Crippen LogP contribution in [0.3, 0.4) is 0 Å². The molecule has 0 spiro atoms. The first kappa shape index (κ1) is 26.2. The molecule has 0 aromatic heterocycles. The highest BCUT2D eigenvalue weighted by Gasteiger charge is 2.38. The third-order valence-electron chi connectivity index (χ3n) is 6.61. The fraction of sp³-hybridized carbons (Fsp3) is 0.241. The van der Waals surface area contributed by atoms with Gasteiger partial charge in [-0.05, 0) is 54.8 Å². The molecule has 0 saturated carbocycles. The minimum Gasteiger partial charge on any atom is -0.454 e. The lowest BCUT2D eigenvalue weighted by Crippen LogP contribution is -2.25. The highest BCUT2D eigenvalue weighted by molar-refractivity contribution is 7.92. The topological polar surface area (TPSA) is 92.8 Å². The van der Waals surface area contributed by atoms with Gasteiger partial charge in [-0.15, -0.1) is 0 Å². The summed E-state index contributed by atoms with van der Waals surface area (Å²) in [6, 6.07) is 19.2. The van der Waals surface area contributed by atoms with Crippen LogP contribution in [0.15, 0.2) is 83.4 Å². The van der Waals surface area contributed by atoms with Crippen LogP contribution in [0.1, 0.15) is 40.9 Å². The van der Waals surface area contributed by atoms with E-state index in [4.69, 9.17) is 4.74 Å². The van der Waals surface area contributed by atoms with Crippen molar-refractivity contribution in [2.24, 2.45) is 0 Å². The maximum atomic E-state index is 13.1. The number of anilines is 2. The summed E-state index contributed by atoms with van der Waals surface area (Å²) in [6.45, 7) is 7.12. The van der Waals surface area contributed by atoms with Gasteiger partial charge >= 0.3 is 5.97 Å². The number of fused-ring (bicyclic) bond motifs is 1. The van der Waals surface area contributed by atoms with Gasteiger partial charge < -0.3 is 9.64 Å². The second kappa shape index (κ2) is 9.86. The quantitative estimate of drug-likeness (QED) is 0.344. The highest BCUT2D eigenvalue weighted by atomic mass is 32.2. The number of sulfonamides is 1. The third kappa shape index (κ3) is 5.15. The van der Waals surface area contributed by atoms with Crippen LogP contribution in [0, 0.1) is 13.8 Å². The van der Waals surface area contributed by atoms with E-state index in [1.807, 2.05) is 56.1 Å². The number of benzene rings is 3. The molecule has 7 nitrogen and oxygen atoms in total. The van der Waals surface area contributed by atoms with E-state index in [0.717, 1.165) is 22.5 Å². The van der Waals surface area contributed by atoms with Gasteiger partial charge in [0.1, 0.15) is 0 Å². The molecule has 0 fully saturated rings.